The summed E-state index contributed by atoms with van der Waals surface area (Å²) in [7, 11) is 1.80. The third-order valence-electron chi connectivity index (χ3n) is 3.36. The first-order valence-electron chi connectivity index (χ1n) is 7.67. The Balaban J connectivity index is 1.97. The van der Waals surface area contributed by atoms with Gasteiger partial charge in [0.05, 0.1) is 6.54 Å². The average Bonchev–Trinajstić information content (AvgIpc) is 3.01. The molecule has 2 rings (SSSR count). The summed E-state index contributed by atoms with van der Waals surface area (Å²) in [6, 6.07) is 10.4. The normalized spacial score (nSPS) is 11.7. The molecule has 0 amide bonds. The van der Waals surface area contributed by atoms with E-state index in [4.69, 9.17) is 0 Å². The van der Waals surface area contributed by atoms with Crippen molar-refractivity contribution in [3.8, 4) is 0 Å². The van der Waals surface area contributed by atoms with Gasteiger partial charge in [0, 0.05) is 32.5 Å². The van der Waals surface area contributed by atoms with Gasteiger partial charge in [0.15, 0.2) is 5.96 Å². The average molecular weight is 299 g/mol. The van der Waals surface area contributed by atoms with Crippen LogP contribution in [0.3, 0.4) is 0 Å². The van der Waals surface area contributed by atoms with Crippen molar-refractivity contribution in [2.24, 2.45) is 10.9 Å². The number of hydrogen-bond donors (Lipinski definition) is 2. The molecule has 5 heteroatoms. The van der Waals surface area contributed by atoms with Gasteiger partial charge in [0.1, 0.15) is 0 Å². The first kappa shape index (κ1) is 16.1. The van der Waals surface area contributed by atoms with E-state index in [0.29, 0.717) is 5.92 Å². The van der Waals surface area contributed by atoms with Crippen LogP contribution in [0.4, 0.5) is 0 Å². The fourth-order valence-corrected chi connectivity index (χ4v) is 2.15. The Morgan fingerprint density at radius 2 is 1.95 bits per heavy atom. The van der Waals surface area contributed by atoms with E-state index in [9.17, 15) is 0 Å². The van der Waals surface area contributed by atoms with E-state index in [2.05, 4.69) is 58.8 Å². The SMILES string of the molecule is CN=C(NCc1ccccc1Cn1cccn1)NCC(C)C. The third kappa shape index (κ3) is 4.91. The Morgan fingerprint density at radius 3 is 2.59 bits per heavy atom. The molecule has 22 heavy (non-hydrogen) atoms. The number of benzene rings is 1. The molecule has 0 saturated heterocycles. The van der Waals surface area contributed by atoms with Crippen molar-refractivity contribution in [3.63, 3.8) is 0 Å². The highest BCUT2D eigenvalue weighted by Crippen LogP contribution is 2.10. The molecule has 1 aromatic carbocycles. The van der Waals surface area contributed by atoms with Gasteiger partial charge in [-0.3, -0.25) is 9.67 Å². The lowest BCUT2D eigenvalue weighted by molar-refractivity contribution is 0.614. The van der Waals surface area contributed by atoms with E-state index in [0.717, 1.165) is 25.6 Å². The number of rotatable bonds is 6. The molecule has 0 spiro atoms. The van der Waals surface area contributed by atoms with Gasteiger partial charge in [-0.15, -0.1) is 0 Å². The van der Waals surface area contributed by atoms with Crippen molar-refractivity contribution in [3.05, 3.63) is 53.9 Å². The zero-order chi connectivity index (χ0) is 15.8. The molecule has 1 aromatic heterocycles. The second kappa shape index (κ2) is 8.22. The maximum Gasteiger partial charge on any atom is 0.191 e. The lowest BCUT2D eigenvalue weighted by Gasteiger charge is -2.15. The lowest BCUT2D eigenvalue weighted by atomic mass is 10.1. The maximum absolute atomic E-state index is 4.27. The first-order chi connectivity index (χ1) is 10.7. The van der Waals surface area contributed by atoms with Crippen LogP contribution in [0.1, 0.15) is 25.0 Å². The summed E-state index contributed by atoms with van der Waals surface area (Å²) in [6.07, 6.45) is 3.78. The molecule has 1 heterocycles. The Labute approximate surface area is 132 Å². The van der Waals surface area contributed by atoms with Crippen LogP contribution in [0, 0.1) is 5.92 Å². The summed E-state index contributed by atoms with van der Waals surface area (Å²) in [5.74, 6) is 1.42. The van der Waals surface area contributed by atoms with Crippen molar-refractivity contribution in [1.29, 1.82) is 0 Å². The van der Waals surface area contributed by atoms with Gasteiger partial charge in [0.2, 0.25) is 0 Å². The van der Waals surface area contributed by atoms with E-state index < -0.39 is 0 Å². The molecule has 0 unspecified atom stereocenters. The second-order valence-corrected chi connectivity index (χ2v) is 5.67. The number of guanidine groups is 1. The highest BCUT2D eigenvalue weighted by atomic mass is 15.3. The van der Waals surface area contributed by atoms with Gasteiger partial charge in [-0.05, 0) is 23.1 Å². The molecule has 0 bridgehead atoms. The molecule has 2 aromatic rings. The summed E-state index contributed by atoms with van der Waals surface area (Å²) in [5.41, 5.74) is 2.52. The van der Waals surface area contributed by atoms with E-state index >= 15 is 0 Å². The largest absolute Gasteiger partial charge is 0.356 e. The van der Waals surface area contributed by atoms with Crippen molar-refractivity contribution < 1.29 is 0 Å². The van der Waals surface area contributed by atoms with Gasteiger partial charge in [-0.1, -0.05) is 38.1 Å². The van der Waals surface area contributed by atoms with Crippen molar-refractivity contribution >= 4 is 5.96 Å². The smallest absolute Gasteiger partial charge is 0.191 e. The molecule has 118 valence electrons. The van der Waals surface area contributed by atoms with Crippen molar-refractivity contribution in [2.45, 2.75) is 26.9 Å². The quantitative estimate of drug-likeness (QED) is 0.635. The summed E-state index contributed by atoms with van der Waals surface area (Å²) < 4.78 is 1.94. The molecule has 2 N–H and O–H groups in total. The molecule has 0 saturated carbocycles. The summed E-state index contributed by atoms with van der Waals surface area (Å²) in [5, 5.41) is 11.0. The molecular weight excluding hydrogens is 274 g/mol. The molecule has 0 aliphatic heterocycles. The monoisotopic (exact) mass is 299 g/mol. The predicted octanol–water partition coefficient (Wildman–Crippen LogP) is 2.25. The van der Waals surface area contributed by atoms with E-state index in [1.165, 1.54) is 11.1 Å². The van der Waals surface area contributed by atoms with E-state index in [1.54, 1.807) is 13.2 Å². The van der Waals surface area contributed by atoms with Gasteiger partial charge < -0.3 is 10.6 Å². The Kier molecular flexibility index (Phi) is 6.01. The maximum atomic E-state index is 4.27. The molecule has 0 radical (unpaired) electrons. The second-order valence-electron chi connectivity index (χ2n) is 5.67. The predicted molar refractivity (Wildman–Crippen MR) is 90.8 cm³/mol. The van der Waals surface area contributed by atoms with Crippen LogP contribution in [-0.2, 0) is 13.1 Å². The Bertz CT molecular complexity index is 587. The van der Waals surface area contributed by atoms with E-state index in [-0.39, 0.29) is 0 Å². The van der Waals surface area contributed by atoms with Gasteiger partial charge in [0.25, 0.3) is 0 Å². The Morgan fingerprint density at radius 1 is 1.18 bits per heavy atom. The summed E-state index contributed by atoms with van der Waals surface area (Å²) >= 11 is 0. The van der Waals surface area contributed by atoms with Crippen LogP contribution < -0.4 is 10.6 Å². The minimum Gasteiger partial charge on any atom is -0.356 e. The highest BCUT2D eigenvalue weighted by Gasteiger charge is 2.05. The summed E-state index contributed by atoms with van der Waals surface area (Å²) in [6.45, 7) is 6.80. The number of aromatic nitrogens is 2. The Hall–Kier alpha value is -2.30. The van der Waals surface area contributed by atoms with Gasteiger partial charge in [-0.25, -0.2) is 0 Å². The molecule has 0 aliphatic rings. The molecule has 0 fully saturated rings. The van der Waals surface area contributed by atoms with Crippen LogP contribution in [-0.4, -0.2) is 29.3 Å². The zero-order valence-electron chi connectivity index (χ0n) is 13.6. The van der Waals surface area contributed by atoms with Gasteiger partial charge in [-0.2, -0.15) is 5.10 Å². The highest BCUT2D eigenvalue weighted by molar-refractivity contribution is 5.79. The fraction of sp³-hybridized carbons (Fsp3) is 0.412. The standard InChI is InChI=1S/C17H25N5/c1-14(2)11-19-17(18-3)20-12-15-7-4-5-8-16(15)13-22-10-6-9-21-22/h4-10,14H,11-13H2,1-3H3,(H2,18,19,20). The molecule has 5 nitrogen and oxygen atoms in total. The number of hydrogen-bond acceptors (Lipinski definition) is 2. The van der Waals surface area contributed by atoms with Crippen LogP contribution in [0.25, 0.3) is 0 Å². The topological polar surface area (TPSA) is 54.2 Å². The van der Waals surface area contributed by atoms with Crippen LogP contribution in [0.2, 0.25) is 0 Å². The van der Waals surface area contributed by atoms with Crippen molar-refractivity contribution in [2.75, 3.05) is 13.6 Å². The van der Waals surface area contributed by atoms with E-state index in [1.807, 2.05) is 16.9 Å². The zero-order valence-corrected chi connectivity index (χ0v) is 13.6. The molecular formula is C17H25N5. The van der Waals surface area contributed by atoms with Gasteiger partial charge >= 0.3 is 0 Å². The van der Waals surface area contributed by atoms with Crippen LogP contribution >= 0.6 is 0 Å². The number of nitrogens with zero attached hydrogens (tertiary/aromatic N) is 3. The fourth-order valence-electron chi connectivity index (χ4n) is 2.15. The third-order valence-corrected chi connectivity index (χ3v) is 3.36. The summed E-state index contributed by atoms with van der Waals surface area (Å²) in [4.78, 5) is 4.26. The minimum atomic E-state index is 0.589. The molecule has 0 atom stereocenters. The minimum absolute atomic E-state index is 0.589. The lowest BCUT2D eigenvalue weighted by Crippen LogP contribution is -2.38. The number of nitrogens with one attached hydrogen (secondary N) is 2. The van der Waals surface area contributed by atoms with Crippen LogP contribution in [0.5, 0.6) is 0 Å². The first-order valence-corrected chi connectivity index (χ1v) is 7.67. The van der Waals surface area contributed by atoms with Crippen LogP contribution in [0.15, 0.2) is 47.7 Å². The number of aliphatic imine (C=N–C) groups is 1. The van der Waals surface area contributed by atoms with Crippen molar-refractivity contribution in [1.82, 2.24) is 20.4 Å². The molecule has 0 aliphatic carbocycles.